The highest BCUT2D eigenvalue weighted by Gasteiger charge is 2.16. The minimum atomic E-state index is -0.186. The van der Waals surface area contributed by atoms with Gasteiger partial charge in [0.15, 0.2) is 0 Å². The minimum Gasteiger partial charge on any atom is -0.394 e. The maximum atomic E-state index is 12.2. The number of aliphatic hydroxyl groups excluding tert-OH is 1. The van der Waals surface area contributed by atoms with Crippen LogP contribution in [0.2, 0.25) is 0 Å². The van der Waals surface area contributed by atoms with Crippen molar-refractivity contribution in [1.29, 1.82) is 0 Å². The van der Waals surface area contributed by atoms with Crippen molar-refractivity contribution >= 4 is 5.91 Å². The summed E-state index contributed by atoms with van der Waals surface area (Å²) >= 11 is 0. The summed E-state index contributed by atoms with van der Waals surface area (Å²) in [5.74, 6) is -0.186. The van der Waals surface area contributed by atoms with Crippen LogP contribution >= 0.6 is 0 Å². The van der Waals surface area contributed by atoms with Gasteiger partial charge < -0.3 is 15.2 Å². The predicted octanol–water partition coefficient (Wildman–Crippen LogP) is 0.826. The summed E-state index contributed by atoms with van der Waals surface area (Å²) in [5.41, 5.74) is 2.09. The van der Waals surface area contributed by atoms with E-state index in [9.17, 15) is 4.79 Å². The molecule has 112 valence electrons. The maximum absolute atomic E-state index is 12.2. The van der Waals surface area contributed by atoms with Crippen LogP contribution in [0.3, 0.4) is 0 Å². The van der Waals surface area contributed by atoms with E-state index < -0.39 is 0 Å². The van der Waals surface area contributed by atoms with Gasteiger partial charge in [-0.25, -0.2) is 0 Å². The second kappa shape index (κ2) is 7.56. The molecule has 0 bridgehead atoms. The first kappa shape index (κ1) is 15.2. The third kappa shape index (κ3) is 4.14. The Balaban J connectivity index is 2.04. The van der Waals surface area contributed by atoms with E-state index in [2.05, 4.69) is 10.4 Å². The Labute approximate surface area is 123 Å². The third-order valence-electron chi connectivity index (χ3n) is 2.89. The van der Waals surface area contributed by atoms with Gasteiger partial charge in [0.25, 0.3) is 5.91 Å². The Morgan fingerprint density at radius 2 is 2.10 bits per heavy atom. The highest BCUT2D eigenvalue weighted by molar-refractivity contribution is 5.99. The number of hydrogen-bond acceptors (Lipinski definition) is 4. The van der Waals surface area contributed by atoms with E-state index in [4.69, 9.17) is 9.84 Å². The second-order valence-electron chi connectivity index (χ2n) is 4.52. The predicted molar refractivity (Wildman–Crippen MR) is 78.9 cm³/mol. The Kier molecular flexibility index (Phi) is 5.48. The number of nitrogens with one attached hydrogen (secondary N) is 1. The van der Waals surface area contributed by atoms with Gasteiger partial charge in [0.05, 0.1) is 25.4 Å². The molecule has 0 radical (unpaired) electrons. The van der Waals surface area contributed by atoms with E-state index in [0.717, 1.165) is 5.56 Å². The second-order valence-corrected chi connectivity index (χ2v) is 4.52. The van der Waals surface area contributed by atoms with Crippen LogP contribution in [-0.2, 0) is 11.8 Å². The lowest BCUT2D eigenvalue weighted by molar-refractivity contribution is 0.0838. The van der Waals surface area contributed by atoms with Crippen molar-refractivity contribution in [2.45, 2.75) is 0 Å². The van der Waals surface area contributed by atoms with Crippen LogP contribution in [-0.4, -0.2) is 47.2 Å². The summed E-state index contributed by atoms with van der Waals surface area (Å²) < 4.78 is 6.73. The molecule has 0 saturated heterocycles. The molecule has 1 heterocycles. The van der Waals surface area contributed by atoms with Crippen molar-refractivity contribution < 1.29 is 14.6 Å². The molecule has 21 heavy (non-hydrogen) atoms. The molecular formula is C15H19N3O3. The van der Waals surface area contributed by atoms with Gasteiger partial charge >= 0.3 is 0 Å². The smallest absolute Gasteiger partial charge is 0.255 e. The first-order chi connectivity index (χ1) is 10.2. The molecule has 6 heteroatoms. The number of benzene rings is 1. The molecule has 2 N–H and O–H groups in total. The van der Waals surface area contributed by atoms with Crippen LogP contribution < -0.4 is 5.32 Å². The highest BCUT2D eigenvalue weighted by Crippen LogP contribution is 2.21. The number of aliphatic hydroxyl groups is 1. The monoisotopic (exact) mass is 289 g/mol. The fraction of sp³-hybridized carbons (Fsp3) is 0.333. The molecule has 0 aliphatic heterocycles. The number of carbonyl (C=O) groups is 1. The number of aryl methyl sites for hydroxylation is 1. The number of nitrogens with zero attached hydrogens (tertiary/aromatic N) is 2. The van der Waals surface area contributed by atoms with Gasteiger partial charge in [0, 0.05) is 25.4 Å². The molecule has 0 unspecified atom stereocenters. The van der Waals surface area contributed by atoms with Gasteiger partial charge in [0.2, 0.25) is 0 Å². The van der Waals surface area contributed by atoms with Gasteiger partial charge in [-0.3, -0.25) is 9.48 Å². The molecule has 1 amide bonds. The van der Waals surface area contributed by atoms with Crippen LogP contribution in [0.15, 0.2) is 36.5 Å². The summed E-state index contributed by atoms with van der Waals surface area (Å²) in [6.45, 7) is 1.02. The van der Waals surface area contributed by atoms with Crippen molar-refractivity contribution in [3.05, 3.63) is 42.1 Å². The average molecular weight is 289 g/mol. The van der Waals surface area contributed by atoms with Crippen molar-refractivity contribution in [3.8, 4) is 11.3 Å². The van der Waals surface area contributed by atoms with Gasteiger partial charge in [-0.2, -0.15) is 5.10 Å². The van der Waals surface area contributed by atoms with E-state index in [0.29, 0.717) is 24.4 Å². The van der Waals surface area contributed by atoms with E-state index in [1.54, 1.807) is 17.9 Å². The van der Waals surface area contributed by atoms with E-state index in [-0.39, 0.29) is 19.1 Å². The molecule has 0 fully saturated rings. The van der Waals surface area contributed by atoms with E-state index >= 15 is 0 Å². The Hall–Kier alpha value is -2.18. The molecule has 2 aromatic rings. The number of hydrogen-bond donors (Lipinski definition) is 2. The fourth-order valence-corrected chi connectivity index (χ4v) is 1.96. The number of carbonyl (C=O) groups excluding carboxylic acids is 1. The van der Waals surface area contributed by atoms with Crippen LogP contribution in [0.25, 0.3) is 11.3 Å². The zero-order valence-corrected chi connectivity index (χ0v) is 12.0. The van der Waals surface area contributed by atoms with Gasteiger partial charge in [-0.1, -0.05) is 30.3 Å². The lowest BCUT2D eigenvalue weighted by atomic mass is 10.1. The fourth-order valence-electron chi connectivity index (χ4n) is 1.96. The standard InChI is InChI=1S/C15H19N3O3/c1-18-11-13(15(20)16-7-9-21-10-8-19)14(17-18)12-5-3-2-4-6-12/h2-6,11,19H,7-10H2,1H3,(H,16,20). The summed E-state index contributed by atoms with van der Waals surface area (Å²) in [6, 6.07) is 9.58. The SMILES string of the molecule is Cn1cc(C(=O)NCCOCCO)c(-c2ccccc2)n1. The normalized spacial score (nSPS) is 10.6. The summed E-state index contributed by atoms with van der Waals surface area (Å²) in [4.78, 5) is 12.2. The van der Waals surface area contributed by atoms with E-state index in [1.807, 2.05) is 30.3 Å². The van der Waals surface area contributed by atoms with Crippen molar-refractivity contribution in [2.75, 3.05) is 26.4 Å². The number of aromatic nitrogens is 2. The first-order valence-corrected chi connectivity index (χ1v) is 6.78. The molecule has 0 spiro atoms. The summed E-state index contributed by atoms with van der Waals surface area (Å²) in [5, 5.41) is 15.7. The Bertz CT molecular complexity index is 581. The van der Waals surface area contributed by atoms with Crippen LogP contribution in [0.4, 0.5) is 0 Å². The molecule has 0 aliphatic carbocycles. The molecule has 0 saturated carbocycles. The van der Waals surface area contributed by atoms with Gasteiger partial charge in [-0.15, -0.1) is 0 Å². The molecule has 1 aromatic carbocycles. The quantitative estimate of drug-likeness (QED) is 0.740. The minimum absolute atomic E-state index is 0.0191. The average Bonchev–Trinajstić information content (AvgIpc) is 2.90. The van der Waals surface area contributed by atoms with Crippen molar-refractivity contribution in [1.82, 2.24) is 15.1 Å². The maximum Gasteiger partial charge on any atom is 0.255 e. The largest absolute Gasteiger partial charge is 0.394 e. The molecule has 6 nitrogen and oxygen atoms in total. The van der Waals surface area contributed by atoms with Crippen molar-refractivity contribution in [3.63, 3.8) is 0 Å². The van der Waals surface area contributed by atoms with Gasteiger partial charge in [0.1, 0.15) is 5.69 Å². The van der Waals surface area contributed by atoms with Crippen LogP contribution in [0.5, 0.6) is 0 Å². The number of ether oxygens (including phenoxy) is 1. The Morgan fingerprint density at radius 1 is 1.33 bits per heavy atom. The Morgan fingerprint density at radius 3 is 2.81 bits per heavy atom. The van der Waals surface area contributed by atoms with Crippen molar-refractivity contribution in [2.24, 2.45) is 7.05 Å². The molecule has 2 rings (SSSR count). The lowest BCUT2D eigenvalue weighted by Crippen LogP contribution is -2.27. The molecule has 1 aromatic heterocycles. The lowest BCUT2D eigenvalue weighted by Gasteiger charge is -2.06. The van der Waals surface area contributed by atoms with Crippen LogP contribution in [0.1, 0.15) is 10.4 Å². The van der Waals surface area contributed by atoms with Gasteiger partial charge in [-0.05, 0) is 0 Å². The van der Waals surface area contributed by atoms with E-state index in [1.165, 1.54) is 0 Å². The third-order valence-corrected chi connectivity index (χ3v) is 2.89. The molecule has 0 aliphatic rings. The molecular weight excluding hydrogens is 270 g/mol. The number of rotatable bonds is 7. The zero-order chi connectivity index (χ0) is 15.1. The zero-order valence-electron chi connectivity index (χ0n) is 12.0. The number of amides is 1. The summed E-state index contributed by atoms with van der Waals surface area (Å²) in [6.07, 6.45) is 1.70. The topological polar surface area (TPSA) is 76.4 Å². The van der Waals surface area contributed by atoms with Crippen LogP contribution in [0, 0.1) is 0 Å². The first-order valence-electron chi connectivity index (χ1n) is 6.78. The summed E-state index contributed by atoms with van der Waals surface area (Å²) in [7, 11) is 1.79. The molecule has 0 atom stereocenters. The highest BCUT2D eigenvalue weighted by atomic mass is 16.5.